The average Bonchev–Trinajstić information content (AvgIpc) is 3.27. The second kappa shape index (κ2) is 6.94. The van der Waals surface area contributed by atoms with Gasteiger partial charge in [0.05, 0.1) is 5.41 Å². The fraction of sp³-hybridized carbons (Fsp3) is 0.588. The van der Waals surface area contributed by atoms with Crippen LogP contribution in [-0.2, 0) is 14.9 Å². The first-order valence-corrected chi connectivity index (χ1v) is 7.72. The number of amides is 1. The van der Waals surface area contributed by atoms with Gasteiger partial charge in [-0.1, -0.05) is 12.1 Å². The van der Waals surface area contributed by atoms with Gasteiger partial charge >= 0.3 is 0 Å². The van der Waals surface area contributed by atoms with E-state index in [2.05, 4.69) is 5.32 Å². The van der Waals surface area contributed by atoms with E-state index in [4.69, 9.17) is 10.5 Å². The van der Waals surface area contributed by atoms with Gasteiger partial charge in [0, 0.05) is 25.4 Å². The molecule has 0 aliphatic heterocycles. The third-order valence-electron chi connectivity index (χ3n) is 4.00. The van der Waals surface area contributed by atoms with Crippen LogP contribution in [0.4, 0.5) is 5.69 Å². The maximum absolute atomic E-state index is 12.3. The summed E-state index contributed by atoms with van der Waals surface area (Å²) in [6, 6.07) is 7.48. The lowest BCUT2D eigenvalue weighted by Gasteiger charge is -2.24. The zero-order valence-electron chi connectivity index (χ0n) is 13.0. The number of ether oxygens (including phenoxy) is 1. The molecular weight excluding hydrogens is 264 g/mol. The largest absolute Gasteiger partial charge is 0.399 e. The molecule has 0 bridgehead atoms. The highest BCUT2D eigenvalue weighted by molar-refractivity contribution is 5.87. The van der Waals surface area contributed by atoms with Crippen molar-refractivity contribution in [3.8, 4) is 0 Å². The number of hydrogen-bond acceptors (Lipinski definition) is 3. The van der Waals surface area contributed by atoms with Crippen LogP contribution < -0.4 is 11.1 Å². The maximum atomic E-state index is 12.3. The number of carbonyl (C=O) groups is 1. The summed E-state index contributed by atoms with van der Waals surface area (Å²) in [5.41, 5.74) is 6.81. The number of hydrogen-bond donors (Lipinski definition) is 2. The Hall–Kier alpha value is -1.55. The zero-order chi connectivity index (χ0) is 15.3. The molecule has 0 unspecified atom stereocenters. The van der Waals surface area contributed by atoms with Crippen molar-refractivity contribution in [2.75, 3.05) is 25.5 Å². The molecule has 0 heterocycles. The van der Waals surface area contributed by atoms with Gasteiger partial charge in [-0.25, -0.2) is 0 Å². The van der Waals surface area contributed by atoms with Gasteiger partial charge in [0.1, 0.15) is 0 Å². The quantitative estimate of drug-likeness (QED) is 0.571. The molecule has 116 valence electrons. The van der Waals surface area contributed by atoms with Crippen molar-refractivity contribution in [3.05, 3.63) is 29.8 Å². The summed E-state index contributed by atoms with van der Waals surface area (Å²) in [4.78, 5) is 12.3. The molecule has 1 aromatic rings. The van der Waals surface area contributed by atoms with Crippen molar-refractivity contribution in [2.45, 2.75) is 38.5 Å². The normalized spacial score (nSPS) is 15.0. The number of rotatable bonds is 8. The van der Waals surface area contributed by atoms with E-state index in [1.54, 1.807) is 0 Å². The van der Waals surface area contributed by atoms with E-state index in [9.17, 15) is 4.79 Å². The first-order chi connectivity index (χ1) is 10.00. The monoisotopic (exact) mass is 290 g/mol. The number of benzene rings is 1. The second-order valence-corrected chi connectivity index (χ2v) is 6.37. The van der Waals surface area contributed by atoms with Crippen molar-refractivity contribution >= 4 is 11.6 Å². The van der Waals surface area contributed by atoms with Crippen LogP contribution in [0.3, 0.4) is 0 Å². The number of carbonyl (C=O) groups excluding carboxylic acids is 1. The molecule has 0 atom stereocenters. The summed E-state index contributed by atoms with van der Waals surface area (Å²) in [5, 5.41) is 2.99. The van der Waals surface area contributed by atoms with Crippen LogP contribution in [0.25, 0.3) is 0 Å². The summed E-state index contributed by atoms with van der Waals surface area (Å²) in [5.74, 6) is 0.832. The van der Waals surface area contributed by atoms with Crippen LogP contribution in [-0.4, -0.2) is 25.7 Å². The lowest BCUT2D eigenvalue weighted by atomic mass is 9.83. The highest BCUT2D eigenvalue weighted by Crippen LogP contribution is 2.28. The highest BCUT2D eigenvalue weighted by atomic mass is 16.5. The Morgan fingerprint density at radius 1 is 1.33 bits per heavy atom. The van der Waals surface area contributed by atoms with Crippen molar-refractivity contribution in [3.63, 3.8) is 0 Å². The zero-order valence-corrected chi connectivity index (χ0v) is 13.0. The standard InChI is InChI=1S/C17H26N2O2/c1-17(2,14-6-8-15(18)9-7-14)16(20)19-10-3-11-21-12-13-4-5-13/h6-9,13H,3-5,10-12,18H2,1-2H3,(H,19,20). The van der Waals surface area contributed by atoms with Gasteiger partial charge in [0.25, 0.3) is 0 Å². The summed E-state index contributed by atoms with van der Waals surface area (Å²) < 4.78 is 5.56. The summed E-state index contributed by atoms with van der Waals surface area (Å²) in [6.45, 7) is 6.11. The molecule has 1 amide bonds. The van der Waals surface area contributed by atoms with E-state index in [-0.39, 0.29) is 5.91 Å². The number of nitrogens with one attached hydrogen (secondary N) is 1. The van der Waals surface area contributed by atoms with Crippen molar-refractivity contribution in [1.82, 2.24) is 5.32 Å². The highest BCUT2D eigenvalue weighted by Gasteiger charge is 2.29. The molecule has 0 aromatic heterocycles. The van der Waals surface area contributed by atoms with E-state index in [1.165, 1.54) is 12.8 Å². The van der Waals surface area contributed by atoms with Crippen LogP contribution in [0.1, 0.15) is 38.7 Å². The van der Waals surface area contributed by atoms with Crippen molar-refractivity contribution in [1.29, 1.82) is 0 Å². The van der Waals surface area contributed by atoms with E-state index in [0.717, 1.165) is 31.1 Å². The molecule has 0 radical (unpaired) electrons. The van der Waals surface area contributed by atoms with E-state index in [1.807, 2.05) is 38.1 Å². The summed E-state index contributed by atoms with van der Waals surface area (Å²) in [6.07, 6.45) is 3.48. The van der Waals surface area contributed by atoms with Crippen molar-refractivity contribution in [2.24, 2.45) is 5.92 Å². The fourth-order valence-corrected chi connectivity index (χ4v) is 2.16. The third kappa shape index (κ3) is 4.74. The Balaban J connectivity index is 1.71. The number of anilines is 1. The Morgan fingerprint density at radius 2 is 2.00 bits per heavy atom. The molecule has 4 nitrogen and oxygen atoms in total. The topological polar surface area (TPSA) is 64.3 Å². The fourth-order valence-electron chi connectivity index (χ4n) is 2.16. The third-order valence-corrected chi connectivity index (χ3v) is 4.00. The summed E-state index contributed by atoms with van der Waals surface area (Å²) >= 11 is 0. The predicted molar refractivity (Wildman–Crippen MR) is 85.1 cm³/mol. The Kier molecular flexibility index (Phi) is 5.23. The maximum Gasteiger partial charge on any atom is 0.230 e. The van der Waals surface area contributed by atoms with E-state index >= 15 is 0 Å². The van der Waals surface area contributed by atoms with Gasteiger partial charge in [0.2, 0.25) is 5.91 Å². The van der Waals surface area contributed by atoms with Crippen LogP contribution >= 0.6 is 0 Å². The van der Waals surface area contributed by atoms with Gasteiger partial charge < -0.3 is 15.8 Å². The Bertz CT molecular complexity index is 464. The van der Waals surface area contributed by atoms with E-state index in [0.29, 0.717) is 12.2 Å². The predicted octanol–water partition coefficient (Wildman–Crippen LogP) is 2.48. The van der Waals surface area contributed by atoms with E-state index < -0.39 is 5.41 Å². The van der Waals surface area contributed by atoms with Crippen LogP contribution in [0.5, 0.6) is 0 Å². The molecule has 0 spiro atoms. The Morgan fingerprint density at radius 3 is 2.62 bits per heavy atom. The molecule has 1 aliphatic carbocycles. The lowest BCUT2D eigenvalue weighted by Crippen LogP contribution is -2.40. The minimum Gasteiger partial charge on any atom is -0.399 e. The van der Waals surface area contributed by atoms with Gasteiger partial charge in [-0.15, -0.1) is 0 Å². The molecule has 1 saturated carbocycles. The molecular formula is C17H26N2O2. The van der Waals surface area contributed by atoms with Gasteiger partial charge in [-0.05, 0) is 56.7 Å². The molecule has 1 aromatic carbocycles. The first-order valence-electron chi connectivity index (χ1n) is 7.72. The molecule has 3 N–H and O–H groups in total. The lowest BCUT2D eigenvalue weighted by molar-refractivity contribution is -0.125. The van der Waals surface area contributed by atoms with Gasteiger partial charge in [0.15, 0.2) is 0 Å². The molecule has 2 rings (SSSR count). The molecule has 4 heteroatoms. The second-order valence-electron chi connectivity index (χ2n) is 6.37. The van der Waals surface area contributed by atoms with Crippen molar-refractivity contribution < 1.29 is 9.53 Å². The minimum absolute atomic E-state index is 0.0365. The van der Waals surface area contributed by atoms with Crippen LogP contribution in [0.15, 0.2) is 24.3 Å². The number of nitrogen functional groups attached to an aromatic ring is 1. The SMILES string of the molecule is CC(C)(C(=O)NCCCOCC1CC1)c1ccc(N)cc1. The smallest absolute Gasteiger partial charge is 0.230 e. The van der Waals surface area contributed by atoms with Crippen LogP contribution in [0, 0.1) is 5.92 Å². The molecule has 1 aliphatic rings. The minimum atomic E-state index is -0.553. The molecule has 1 fully saturated rings. The van der Waals surface area contributed by atoms with Gasteiger partial charge in [-0.2, -0.15) is 0 Å². The number of nitrogens with two attached hydrogens (primary N) is 1. The molecule has 0 saturated heterocycles. The van der Waals surface area contributed by atoms with Crippen LogP contribution in [0.2, 0.25) is 0 Å². The first kappa shape index (κ1) is 15.8. The molecule has 21 heavy (non-hydrogen) atoms. The average molecular weight is 290 g/mol. The Labute approximate surface area is 127 Å². The van der Waals surface area contributed by atoms with Gasteiger partial charge in [-0.3, -0.25) is 4.79 Å². The summed E-state index contributed by atoms with van der Waals surface area (Å²) in [7, 11) is 0.